The molecule has 0 saturated carbocycles. The average molecular weight is 322 g/mol. The van der Waals surface area contributed by atoms with E-state index in [-0.39, 0.29) is 0 Å². The fraction of sp³-hybridized carbons (Fsp3) is 0.188. The lowest BCUT2D eigenvalue weighted by Crippen LogP contribution is -2.19. The summed E-state index contributed by atoms with van der Waals surface area (Å²) < 4.78 is 0. The molecule has 0 aromatic heterocycles. The SMILES string of the molecule is O=C(O)c1ccc2c(c1)CCN2Cc1cccc(Cl)c1Cl. The molecule has 0 aliphatic carbocycles. The maximum atomic E-state index is 11.0. The van der Waals surface area contributed by atoms with E-state index in [1.807, 2.05) is 18.2 Å². The molecule has 1 aliphatic heterocycles. The molecule has 1 aliphatic rings. The van der Waals surface area contributed by atoms with E-state index in [0.717, 1.165) is 29.8 Å². The van der Waals surface area contributed by atoms with Crippen LogP contribution in [0.25, 0.3) is 0 Å². The van der Waals surface area contributed by atoms with E-state index < -0.39 is 5.97 Å². The van der Waals surface area contributed by atoms with Crippen molar-refractivity contribution in [3.8, 4) is 0 Å². The molecule has 5 heteroatoms. The first-order valence-corrected chi connectivity index (χ1v) is 7.36. The van der Waals surface area contributed by atoms with Crippen molar-refractivity contribution in [2.75, 3.05) is 11.4 Å². The first-order valence-electron chi connectivity index (χ1n) is 6.60. The van der Waals surface area contributed by atoms with Crippen molar-refractivity contribution in [2.24, 2.45) is 0 Å². The first kappa shape index (κ1) is 14.2. The van der Waals surface area contributed by atoms with Crippen molar-refractivity contribution < 1.29 is 9.90 Å². The van der Waals surface area contributed by atoms with Gasteiger partial charge in [0, 0.05) is 18.8 Å². The van der Waals surface area contributed by atoms with Crippen LogP contribution in [0, 0.1) is 0 Å². The van der Waals surface area contributed by atoms with Crippen LogP contribution < -0.4 is 4.90 Å². The second-order valence-corrected chi connectivity index (χ2v) is 5.82. The largest absolute Gasteiger partial charge is 0.478 e. The van der Waals surface area contributed by atoms with Gasteiger partial charge in [-0.1, -0.05) is 35.3 Å². The lowest BCUT2D eigenvalue weighted by atomic mass is 10.1. The number of benzene rings is 2. The normalized spacial score (nSPS) is 13.3. The van der Waals surface area contributed by atoms with E-state index in [9.17, 15) is 4.79 Å². The third-order valence-electron chi connectivity index (χ3n) is 3.71. The number of hydrogen-bond acceptors (Lipinski definition) is 2. The van der Waals surface area contributed by atoms with Crippen LogP contribution in [0.5, 0.6) is 0 Å². The van der Waals surface area contributed by atoms with Gasteiger partial charge in [0.1, 0.15) is 0 Å². The fourth-order valence-electron chi connectivity index (χ4n) is 2.64. The standard InChI is InChI=1S/C16H13Cl2NO2/c17-13-3-1-2-12(15(13)18)9-19-7-6-10-8-11(16(20)21)4-5-14(10)19/h1-5,8H,6-7,9H2,(H,20,21). The van der Waals surface area contributed by atoms with Gasteiger partial charge in [-0.15, -0.1) is 0 Å². The second kappa shape index (κ2) is 5.58. The monoisotopic (exact) mass is 321 g/mol. The Morgan fingerprint density at radius 2 is 2.05 bits per heavy atom. The lowest BCUT2D eigenvalue weighted by Gasteiger charge is -2.20. The predicted molar refractivity (Wildman–Crippen MR) is 84.6 cm³/mol. The van der Waals surface area contributed by atoms with E-state index in [4.69, 9.17) is 28.3 Å². The summed E-state index contributed by atoms with van der Waals surface area (Å²) in [5.74, 6) is -0.894. The second-order valence-electron chi connectivity index (χ2n) is 5.03. The molecule has 0 atom stereocenters. The summed E-state index contributed by atoms with van der Waals surface area (Å²) in [7, 11) is 0. The molecule has 1 heterocycles. The minimum Gasteiger partial charge on any atom is -0.478 e. The third-order valence-corrected chi connectivity index (χ3v) is 4.57. The van der Waals surface area contributed by atoms with Crippen LogP contribution in [-0.2, 0) is 13.0 Å². The van der Waals surface area contributed by atoms with Crippen LogP contribution in [0.4, 0.5) is 5.69 Å². The van der Waals surface area contributed by atoms with Gasteiger partial charge < -0.3 is 10.0 Å². The van der Waals surface area contributed by atoms with Crippen molar-refractivity contribution in [2.45, 2.75) is 13.0 Å². The number of aromatic carboxylic acids is 1. The van der Waals surface area contributed by atoms with E-state index in [0.29, 0.717) is 22.2 Å². The van der Waals surface area contributed by atoms with E-state index in [1.54, 1.807) is 18.2 Å². The lowest BCUT2D eigenvalue weighted by molar-refractivity contribution is 0.0697. The maximum Gasteiger partial charge on any atom is 0.335 e. The molecular formula is C16H13Cl2NO2. The number of hydrogen-bond donors (Lipinski definition) is 1. The van der Waals surface area contributed by atoms with Crippen molar-refractivity contribution in [3.05, 3.63) is 63.1 Å². The smallest absolute Gasteiger partial charge is 0.335 e. The van der Waals surface area contributed by atoms with E-state index in [2.05, 4.69) is 4.90 Å². The first-order chi connectivity index (χ1) is 10.1. The molecule has 1 N–H and O–H groups in total. The fourth-order valence-corrected chi connectivity index (χ4v) is 3.02. The quantitative estimate of drug-likeness (QED) is 0.918. The highest BCUT2D eigenvalue weighted by molar-refractivity contribution is 6.42. The molecule has 0 spiro atoms. The topological polar surface area (TPSA) is 40.5 Å². The molecule has 3 rings (SSSR count). The Bertz CT molecular complexity index is 715. The van der Waals surface area contributed by atoms with E-state index >= 15 is 0 Å². The summed E-state index contributed by atoms with van der Waals surface area (Å²) in [4.78, 5) is 13.2. The number of fused-ring (bicyclic) bond motifs is 1. The van der Waals surface area contributed by atoms with Crippen molar-refractivity contribution in [1.29, 1.82) is 0 Å². The molecule has 108 valence electrons. The molecule has 3 nitrogen and oxygen atoms in total. The molecule has 0 unspecified atom stereocenters. The zero-order valence-electron chi connectivity index (χ0n) is 11.1. The van der Waals surface area contributed by atoms with Crippen LogP contribution in [-0.4, -0.2) is 17.6 Å². The van der Waals surface area contributed by atoms with Crippen LogP contribution in [0.1, 0.15) is 21.5 Å². The minimum atomic E-state index is -0.894. The number of rotatable bonds is 3. The minimum absolute atomic E-state index is 0.330. The Balaban J connectivity index is 1.88. The summed E-state index contributed by atoms with van der Waals surface area (Å²) in [6, 6.07) is 10.9. The zero-order chi connectivity index (χ0) is 15.0. The Hall–Kier alpha value is -1.71. The molecule has 0 bridgehead atoms. The number of carboxylic acids is 1. The van der Waals surface area contributed by atoms with Crippen LogP contribution in [0.3, 0.4) is 0 Å². The summed E-state index contributed by atoms with van der Waals surface area (Å²) in [5, 5.41) is 10.2. The number of carbonyl (C=O) groups is 1. The summed E-state index contributed by atoms with van der Waals surface area (Å²) in [6.45, 7) is 1.51. The Morgan fingerprint density at radius 3 is 2.81 bits per heavy atom. The molecule has 2 aromatic rings. The van der Waals surface area contributed by atoms with Gasteiger partial charge in [0.05, 0.1) is 15.6 Å². The summed E-state index contributed by atoms with van der Waals surface area (Å²) in [6.07, 6.45) is 0.842. The summed E-state index contributed by atoms with van der Waals surface area (Å²) in [5.41, 5.74) is 3.43. The average Bonchev–Trinajstić information content (AvgIpc) is 2.86. The van der Waals surface area contributed by atoms with Crippen LogP contribution >= 0.6 is 23.2 Å². The highest BCUT2D eigenvalue weighted by Crippen LogP contribution is 2.33. The number of carboxylic acid groups (broad SMARTS) is 1. The van der Waals surface area contributed by atoms with Gasteiger partial charge in [-0.05, 0) is 41.8 Å². The van der Waals surface area contributed by atoms with Crippen molar-refractivity contribution >= 4 is 34.9 Å². The summed E-state index contributed by atoms with van der Waals surface area (Å²) >= 11 is 12.3. The van der Waals surface area contributed by atoms with Crippen LogP contribution in [0.15, 0.2) is 36.4 Å². The van der Waals surface area contributed by atoms with Crippen molar-refractivity contribution in [1.82, 2.24) is 0 Å². The van der Waals surface area contributed by atoms with Gasteiger partial charge in [0.15, 0.2) is 0 Å². The highest BCUT2D eigenvalue weighted by atomic mass is 35.5. The van der Waals surface area contributed by atoms with Gasteiger partial charge in [-0.2, -0.15) is 0 Å². The van der Waals surface area contributed by atoms with Gasteiger partial charge in [-0.3, -0.25) is 0 Å². The van der Waals surface area contributed by atoms with Crippen LogP contribution in [0.2, 0.25) is 10.0 Å². The third kappa shape index (κ3) is 2.71. The van der Waals surface area contributed by atoms with Gasteiger partial charge in [0.25, 0.3) is 0 Å². The number of nitrogens with zero attached hydrogens (tertiary/aromatic N) is 1. The highest BCUT2D eigenvalue weighted by Gasteiger charge is 2.21. The van der Waals surface area contributed by atoms with Crippen molar-refractivity contribution in [3.63, 3.8) is 0 Å². The molecule has 0 saturated heterocycles. The Labute approximate surface area is 132 Å². The molecule has 21 heavy (non-hydrogen) atoms. The number of anilines is 1. The molecule has 2 aromatic carbocycles. The predicted octanol–water partition coefficient (Wildman–Crippen LogP) is 4.25. The maximum absolute atomic E-state index is 11.0. The zero-order valence-corrected chi connectivity index (χ0v) is 12.7. The van der Waals surface area contributed by atoms with E-state index in [1.165, 1.54) is 0 Å². The number of halogens is 2. The Morgan fingerprint density at radius 1 is 1.24 bits per heavy atom. The molecule has 0 radical (unpaired) electrons. The van der Waals surface area contributed by atoms with Gasteiger partial charge in [-0.25, -0.2) is 4.79 Å². The van der Waals surface area contributed by atoms with Gasteiger partial charge in [0.2, 0.25) is 0 Å². The van der Waals surface area contributed by atoms with Gasteiger partial charge >= 0.3 is 5.97 Å². The Kier molecular flexibility index (Phi) is 3.79. The molecule has 0 amide bonds. The molecular weight excluding hydrogens is 309 g/mol. The molecule has 0 fully saturated rings.